The van der Waals surface area contributed by atoms with Crippen LogP contribution in [0.4, 0.5) is 5.13 Å². The quantitative estimate of drug-likeness (QED) is 0.876. The standard InChI is InChI=1S/C15H28N4S/c1-4-6-18-7-9-19(10-8-18)15-17-14(12(3)5-2)13(11-16)20-15/h12H,4-11,16H2,1-3H3. The second-order valence-corrected chi connectivity index (χ2v) is 6.71. The van der Waals surface area contributed by atoms with Crippen LogP contribution < -0.4 is 10.6 Å². The minimum Gasteiger partial charge on any atom is -0.346 e. The minimum atomic E-state index is 0.514. The number of anilines is 1. The van der Waals surface area contributed by atoms with Gasteiger partial charge in [0.25, 0.3) is 0 Å². The third-order valence-corrected chi connectivity index (χ3v) is 5.32. The van der Waals surface area contributed by atoms with Gasteiger partial charge in [-0.15, -0.1) is 11.3 Å². The molecule has 0 aliphatic carbocycles. The molecule has 1 aromatic rings. The van der Waals surface area contributed by atoms with E-state index < -0.39 is 0 Å². The number of hydrogen-bond donors (Lipinski definition) is 1. The van der Waals surface area contributed by atoms with Gasteiger partial charge in [-0.2, -0.15) is 0 Å². The molecule has 114 valence electrons. The van der Waals surface area contributed by atoms with Crippen molar-refractivity contribution < 1.29 is 0 Å². The van der Waals surface area contributed by atoms with E-state index in [4.69, 9.17) is 10.7 Å². The summed E-state index contributed by atoms with van der Waals surface area (Å²) >= 11 is 1.80. The van der Waals surface area contributed by atoms with Gasteiger partial charge in [0.1, 0.15) is 0 Å². The SMILES string of the molecule is CCCN1CCN(c2nc(C(C)CC)c(CN)s2)CC1. The molecular weight excluding hydrogens is 268 g/mol. The van der Waals surface area contributed by atoms with Crippen LogP contribution in [0.25, 0.3) is 0 Å². The highest BCUT2D eigenvalue weighted by atomic mass is 32.1. The molecule has 1 aromatic heterocycles. The van der Waals surface area contributed by atoms with Gasteiger partial charge in [-0.3, -0.25) is 4.90 Å². The molecule has 0 spiro atoms. The Hall–Kier alpha value is -0.650. The van der Waals surface area contributed by atoms with Crippen LogP contribution in [0.5, 0.6) is 0 Å². The van der Waals surface area contributed by atoms with Crippen LogP contribution in [-0.4, -0.2) is 42.6 Å². The van der Waals surface area contributed by atoms with Gasteiger partial charge in [-0.1, -0.05) is 20.8 Å². The van der Waals surface area contributed by atoms with Gasteiger partial charge in [-0.05, 0) is 25.3 Å². The highest BCUT2D eigenvalue weighted by Crippen LogP contribution is 2.32. The average molecular weight is 296 g/mol. The van der Waals surface area contributed by atoms with Crippen molar-refractivity contribution in [3.05, 3.63) is 10.6 Å². The van der Waals surface area contributed by atoms with Crippen molar-refractivity contribution in [2.75, 3.05) is 37.6 Å². The van der Waals surface area contributed by atoms with Crippen LogP contribution in [0, 0.1) is 0 Å². The summed E-state index contributed by atoms with van der Waals surface area (Å²) < 4.78 is 0. The van der Waals surface area contributed by atoms with Gasteiger partial charge in [0.15, 0.2) is 5.13 Å². The zero-order valence-corrected chi connectivity index (χ0v) is 13.9. The Bertz CT molecular complexity index is 410. The summed E-state index contributed by atoms with van der Waals surface area (Å²) in [6.07, 6.45) is 2.37. The summed E-state index contributed by atoms with van der Waals surface area (Å²) in [7, 11) is 0. The fourth-order valence-corrected chi connectivity index (χ4v) is 3.80. The predicted molar refractivity (Wildman–Crippen MR) is 87.7 cm³/mol. The number of piperazine rings is 1. The van der Waals surface area contributed by atoms with E-state index in [-0.39, 0.29) is 0 Å². The Kier molecular flexibility index (Phi) is 5.81. The first-order valence-electron chi connectivity index (χ1n) is 7.86. The molecule has 1 fully saturated rings. The van der Waals surface area contributed by atoms with E-state index in [2.05, 4.69) is 30.6 Å². The summed E-state index contributed by atoms with van der Waals surface area (Å²) in [5, 5.41) is 1.18. The third kappa shape index (κ3) is 3.51. The van der Waals surface area contributed by atoms with Crippen LogP contribution in [0.1, 0.15) is 50.1 Å². The molecule has 20 heavy (non-hydrogen) atoms. The van der Waals surface area contributed by atoms with Gasteiger partial charge in [0, 0.05) is 37.6 Å². The summed E-state index contributed by atoms with van der Waals surface area (Å²) in [6.45, 7) is 13.1. The van der Waals surface area contributed by atoms with E-state index in [9.17, 15) is 0 Å². The third-order valence-electron chi connectivity index (χ3n) is 4.16. The number of rotatable bonds is 6. The molecule has 0 amide bonds. The molecule has 1 atom stereocenters. The Morgan fingerprint density at radius 3 is 2.50 bits per heavy atom. The highest BCUT2D eigenvalue weighted by Gasteiger charge is 2.22. The first-order chi connectivity index (χ1) is 9.69. The van der Waals surface area contributed by atoms with E-state index in [0.29, 0.717) is 12.5 Å². The predicted octanol–water partition coefficient (Wildman–Crippen LogP) is 2.65. The Morgan fingerprint density at radius 2 is 1.95 bits per heavy atom. The first kappa shape index (κ1) is 15.7. The molecule has 4 nitrogen and oxygen atoms in total. The van der Waals surface area contributed by atoms with Crippen molar-refractivity contribution in [2.45, 2.75) is 46.1 Å². The lowest BCUT2D eigenvalue weighted by Gasteiger charge is -2.34. The first-order valence-corrected chi connectivity index (χ1v) is 8.68. The fourth-order valence-electron chi connectivity index (χ4n) is 2.69. The van der Waals surface area contributed by atoms with Crippen molar-refractivity contribution in [2.24, 2.45) is 5.73 Å². The molecule has 0 aromatic carbocycles. The molecule has 1 unspecified atom stereocenters. The van der Waals surface area contributed by atoms with Crippen molar-refractivity contribution in [3.63, 3.8) is 0 Å². The van der Waals surface area contributed by atoms with Crippen LogP contribution in [0.3, 0.4) is 0 Å². The van der Waals surface area contributed by atoms with E-state index in [1.165, 1.54) is 28.7 Å². The Morgan fingerprint density at radius 1 is 1.25 bits per heavy atom. The van der Waals surface area contributed by atoms with Crippen LogP contribution in [-0.2, 0) is 6.54 Å². The molecule has 2 N–H and O–H groups in total. The van der Waals surface area contributed by atoms with Gasteiger partial charge >= 0.3 is 0 Å². The molecule has 1 aliphatic rings. The number of aromatic nitrogens is 1. The van der Waals surface area contributed by atoms with Crippen molar-refractivity contribution >= 4 is 16.5 Å². The Balaban J connectivity index is 2.05. The number of thiazole rings is 1. The van der Waals surface area contributed by atoms with Crippen LogP contribution >= 0.6 is 11.3 Å². The highest BCUT2D eigenvalue weighted by molar-refractivity contribution is 7.15. The maximum atomic E-state index is 5.89. The molecule has 0 saturated carbocycles. The van der Waals surface area contributed by atoms with Crippen molar-refractivity contribution in [1.82, 2.24) is 9.88 Å². The second kappa shape index (κ2) is 7.38. The minimum absolute atomic E-state index is 0.514. The summed E-state index contributed by atoms with van der Waals surface area (Å²) in [5.41, 5.74) is 7.12. The maximum Gasteiger partial charge on any atom is 0.185 e. The van der Waals surface area contributed by atoms with Crippen LogP contribution in [0.15, 0.2) is 0 Å². The van der Waals surface area contributed by atoms with E-state index in [1.54, 1.807) is 11.3 Å². The molecular formula is C15H28N4S. The number of hydrogen-bond acceptors (Lipinski definition) is 5. The summed E-state index contributed by atoms with van der Waals surface area (Å²) in [4.78, 5) is 11.1. The monoisotopic (exact) mass is 296 g/mol. The van der Waals surface area contributed by atoms with Crippen LogP contribution in [0.2, 0.25) is 0 Å². The number of nitrogens with zero attached hydrogens (tertiary/aromatic N) is 3. The van der Waals surface area contributed by atoms with E-state index in [1.807, 2.05) is 0 Å². The Labute approximate surface area is 127 Å². The topological polar surface area (TPSA) is 45.4 Å². The average Bonchev–Trinajstić information content (AvgIpc) is 2.92. The molecule has 1 aliphatic heterocycles. The summed E-state index contributed by atoms with van der Waals surface area (Å²) in [5.74, 6) is 0.514. The molecule has 0 bridgehead atoms. The smallest absolute Gasteiger partial charge is 0.185 e. The molecule has 2 heterocycles. The molecule has 1 saturated heterocycles. The zero-order chi connectivity index (χ0) is 14.5. The molecule has 5 heteroatoms. The van der Waals surface area contributed by atoms with Gasteiger partial charge in [-0.25, -0.2) is 4.98 Å². The lowest BCUT2D eigenvalue weighted by molar-refractivity contribution is 0.258. The lowest BCUT2D eigenvalue weighted by atomic mass is 10.0. The largest absolute Gasteiger partial charge is 0.346 e. The molecule has 0 radical (unpaired) electrons. The fraction of sp³-hybridized carbons (Fsp3) is 0.800. The van der Waals surface area contributed by atoms with Crippen molar-refractivity contribution in [1.29, 1.82) is 0 Å². The second-order valence-electron chi connectivity index (χ2n) is 5.65. The van der Waals surface area contributed by atoms with Gasteiger partial charge in [0.05, 0.1) is 5.69 Å². The van der Waals surface area contributed by atoms with E-state index in [0.717, 1.165) is 32.6 Å². The van der Waals surface area contributed by atoms with Gasteiger partial charge < -0.3 is 10.6 Å². The lowest BCUT2D eigenvalue weighted by Crippen LogP contribution is -2.46. The number of nitrogens with two attached hydrogens (primary N) is 1. The van der Waals surface area contributed by atoms with Crippen molar-refractivity contribution in [3.8, 4) is 0 Å². The van der Waals surface area contributed by atoms with Gasteiger partial charge in [0.2, 0.25) is 0 Å². The molecule has 2 rings (SSSR count). The zero-order valence-electron chi connectivity index (χ0n) is 13.1. The normalized spacial score (nSPS) is 18.5. The summed E-state index contributed by atoms with van der Waals surface area (Å²) in [6, 6.07) is 0. The maximum absolute atomic E-state index is 5.89. The van der Waals surface area contributed by atoms with E-state index >= 15 is 0 Å².